The molecule has 0 spiro atoms. The molecule has 1 aromatic carbocycles. The first-order chi connectivity index (χ1) is 12.1. The molecule has 1 unspecified atom stereocenters. The highest BCUT2D eigenvalue weighted by Gasteiger charge is 2.22. The number of nitrogens with zero attached hydrogens (tertiary/aromatic N) is 1. The molecule has 0 saturated heterocycles. The lowest BCUT2D eigenvalue weighted by Crippen LogP contribution is -2.37. The average molecular weight is 342 g/mol. The van der Waals surface area contributed by atoms with E-state index in [1.54, 1.807) is 0 Å². The van der Waals surface area contributed by atoms with Crippen LogP contribution in [0.1, 0.15) is 48.7 Å². The van der Waals surface area contributed by atoms with Gasteiger partial charge in [0.15, 0.2) is 0 Å². The van der Waals surface area contributed by atoms with Gasteiger partial charge in [0.25, 0.3) is 0 Å². The number of aromatic nitrogens is 1. The van der Waals surface area contributed by atoms with Crippen LogP contribution in [-0.2, 0) is 19.4 Å². The zero-order valence-electron chi connectivity index (χ0n) is 15.0. The van der Waals surface area contributed by atoms with Gasteiger partial charge in [-0.15, -0.1) is 0 Å². The molecule has 1 aliphatic rings. The van der Waals surface area contributed by atoms with Gasteiger partial charge in [0.2, 0.25) is 0 Å². The van der Waals surface area contributed by atoms with Gasteiger partial charge in [-0.3, -0.25) is 4.98 Å². The van der Waals surface area contributed by atoms with Crippen LogP contribution in [0.2, 0.25) is 0 Å². The molecule has 3 rings (SSSR count). The first kappa shape index (κ1) is 18.0. The fourth-order valence-electron chi connectivity index (χ4n) is 3.54. The van der Waals surface area contributed by atoms with Crippen LogP contribution in [-0.4, -0.2) is 22.7 Å². The number of hydrogen-bond acceptors (Lipinski definition) is 3. The fourth-order valence-corrected chi connectivity index (χ4v) is 3.54. The Bertz CT molecular complexity index is 717. The molecule has 3 nitrogen and oxygen atoms in total. The quantitative estimate of drug-likeness (QED) is 0.843. The van der Waals surface area contributed by atoms with Crippen LogP contribution in [0.5, 0.6) is 0 Å². The Morgan fingerprint density at radius 2 is 1.96 bits per heavy atom. The van der Waals surface area contributed by atoms with Crippen molar-refractivity contribution in [2.24, 2.45) is 5.92 Å². The highest BCUT2D eigenvalue weighted by atomic mass is 19.1. The summed E-state index contributed by atoms with van der Waals surface area (Å²) in [7, 11) is 0. The second-order valence-electron chi connectivity index (χ2n) is 7.29. The molecule has 2 atom stereocenters. The Morgan fingerprint density at radius 3 is 2.68 bits per heavy atom. The van der Waals surface area contributed by atoms with E-state index in [4.69, 9.17) is 0 Å². The van der Waals surface area contributed by atoms with Crippen molar-refractivity contribution in [2.75, 3.05) is 6.61 Å². The topological polar surface area (TPSA) is 45.1 Å². The van der Waals surface area contributed by atoms with Crippen molar-refractivity contribution in [3.8, 4) is 0 Å². The zero-order chi connectivity index (χ0) is 17.8. The van der Waals surface area contributed by atoms with Crippen LogP contribution >= 0.6 is 0 Å². The van der Waals surface area contributed by atoms with Crippen LogP contribution < -0.4 is 5.32 Å². The number of fused-ring (bicyclic) bond motifs is 1. The summed E-state index contributed by atoms with van der Waals surface area (Å²) in [5.41, 5.74) is 4.21. The molecule has 0 saturated carbocycles. The first-order valence-corrected chi connectivity index (χ1v) is 9.14. The van der Waals surface area contributed by atoms with Crippen molar-refractivity contribution < 1.29 is 9.50 Å². The van der Waals surface area contributed by atoms with E-state index in [0.29, 0.717) is 18.2 Å². The summed E-state index contributed by atoms with van der Waals surface area (Å²) in [5.74, 6) is 0.340. The minimum atomic E-state index is -0.284. The summed E-state index contributed by atoms with van der Waals surface area (Å²) in [6, 6.07) is 11.8. The predicted molar refractivity (Wildman–Crippen MR) is 98.0 cm³/mol. The monoisotopic (exact) mass is 342 g/mol. The Hall–Kier alpha value is -1.78. The van der Waals surface area contributed by atoms with Crippen LogP contribution in [0.4, 0.5) is 4.39 Å². The summed E-state index contributed by atoms with van der Waals surface area (Å²) >= 11 is 0. The zero-order valence-corrected chi connectivity index (χ0v) is 15.0. The van der Waals surface area contributed by atoms with Crippen molar-refractivity contribution in [2.45, 2.75) is 51.6 Å². The van der Waals surface area contributed by atoms with Crippen LogP contribution in [0.25, 0.3) is 0 Å². The maximum Gasteiger partial charge on any atom is 0.146 e. The van der Waals surface area contributed by atoms with Gasteiger partial charge in [-0.25, -0.2) is 4.39 Å². The molecule has 25 heavy (non-hydrogen) atoms. The molecule has 0 aliphatic heterocycles. The van der Waals surface area contributed by atoms with Crippen molar-refractivity contribution in [3.05, 3.63) is 64.7 Å². The lowest BCUT2D eigenvalue weighted by Gasteiger charge is -2.25. The SMILES string of the molecule is CC(C)[C@H](CO)NCc1nc(C2CCc3ccccc3C2)ccc1F. The van der Waals surface area contributed by atoms with Crippen LogP contribution in [0.3, 0.4) is 0 Å². The third kappa shape index (κ3) is 4.25. The largest absolute Gasteiger partial charge is 0.395 e. The molecule has 0 bridgehead atoms. The molecule has 2 aromatic rings. The molecule has 2 N–H and O–H groups in total. The number of halogens is 1. The van der Waals surface area contributed by atoms with Gasteiger partial charge >= 0.3 is 0 Å². The van der Waals surface area contributed by atoms with Gasteiger partial charge in [0, 0.05) is 24.2 Å². The van der Waals surface area contributed by atoms with E-state index in [1.807, 2.05) is 19.9 Å². The van der Waals surface area contributed by atoms with Crippen LogP contribution in [0, 0.1) is 11.7 Å². The van der Waals surface area contributed by atoms with E-state index in [2.05, 4.69) is 34.6 Å². The van der Waals surface area contributed by atoms with Gasteiger partial charge in [-0.1, -0.05) is 38.1 Å². The lowest BCUT2D eigenvalue weighted by molar-refractivity contribution is 0.209. The molecule has 0 radical (unpaired) electrons. The molecule has 1 heterocycles. The predicted octanol–water partition coefficient (Wildman–Crippen LogP) is 3.60. The summed E-state index contributed by atoms with van der Waals surface area (Å²) in [6.07, 6.45) is 3.06. The Morgan fingerprint density at radius 1 is 1.20 bits per heavy atom. The minimum Gasteiger partial charge on any atom is -0.395 e. The molecular weight excluding hydrogens is 315 g/mol. The summed E-state index contributed by atoms with van der Waals surface area (Å²) in [4.78, 5) is 4.62. The summed E-state index contributed by atoms with van der Waals surface area (Å²) in [5, 5.41) is 12.6. The number of nitrogens with one attached hydrogen (secondary N) is 1. The average Bonchev–Trinajstić information content (AvgIpc) is 2.63. The van der Waals surface area contributed by atoms with Crippen LogP contribution in [0.15, 0.2) is 36.4 Å². The van der Waals surface area contributed by atoms with Crippen molar-refractivity contribution in [1.29, 1.82) is 0 Å². The van der Waals surface area contributed by atoms with E-state index < -0.39 is 0 Å². The Kier molecular flexibility index (Phi) is 5.82. The van der Waals surface area contributed by atoms with Gasteiger partial charge in [-0.05, 0) is 48.4 Å². The number of aliphatic hydroxyl groups is 1. The number of aliphatic hydroxyl groups excluding tert-OH is 1. The smallest absolute Gasteiger partial charge is 0.146 e. The summed E-state index contributed by atoms with van der Waals surface area (Å²) < 4.78 is 14.2. The van der Waals surface area contributed by atoms with E-state index in [0.717, 1.165) is 25.0 Å². The second-order valence-corrected chi connectivity index (χ2v) is 7.29. The van der Waals surface area contributed by atoms with Gasteiger partial charge < -0.3 is 10.4 Å². The Labute approximate surface area is 149 Å². The number of aryl methyl sites for hydroxylation is 1. The lowest BCUT2D eigenvalue weighted by atomic mass is 9.82. The number of rotatable bonds is 6. The third-order valence-corrected chi connectivity index (χ3v) is 5.24. The highest BCUT2D eigenvalue weighted by molar-refractivity contribution is 5.32. The molecule has 1 aliphatic carbocycles. The number of pyridine rings is 1. The van der Waals surface area contributed by atoms with Crippen molar-refractivity contribution in [1.82, 2.24) is 10.3 Å². The minimum absolute atomic E-state index is 0.0401. The van der Waals surface area contributed by atoms with E-state index in [-0.39, 0.29) is 24.4 Å². The second kappa shape index (κ2) is 8.07. The van der Waals surface area contributed by atoms with E-state index in [9.17, 15) is 9.50 Å². The Balaban J connectivity index is 1.73. The summed E-state index contributed by atoms with van der Waals surface area (Å²) in [6.45, 7) is 4.45. The third-order valence-electron chi connectivity index (χ3n) is 5.24. The number of hydrogen-bond donors (Lipinski definition) is 2. The first-order valence-electron chi connectivity index (χ1n) is 9.14. The van der Waals surface area contributed by atoms with Gasteiger partial charge in [0.1, 0.15) is 5.82 Å². The maximum atomic E-state index is 14.2. The maximum absolute atomic E-state index is 14.2. The molecule has 4 heteroatoms. The van der Waals surface area contributed by atoms with E-state index in [1.165, 1.54) is 17.2 Å². The van der Waals surface area contributed by atoms with Crippen molar-refractivity contribution >= 4 is 0 Å². The molecule has 0 fully saturated rings. The van der Waals surface area contributed by atoms with Gasteiger partial charge in [0.05, 0.1) is 12.3 Å². The molecule has 0 amide bonds. The fraction of sp³-hybridized carbons (Fsp3) is 0.476. The molecule has 1 aromatic heterocycles. The number of benzene rings is 1. The van der Waals surface area contributed by atoms with Gasteiger partial charge in [-0.2, -0.15) is 0 Å². The molecular formula is C21H27FN2O. The van der Waals surface area contributed by atoms with Crippen molar-refractivity contribution in [3.63, 3.8) is 0 Å². The highest BCUT2D eigenvalue weighted by Crippen LogP contribution is 2.32. The standard InChI is InChI=1S/C21H27FN2O/c1-14(2)21(13-25)23-12-20-18(22)9-10-19(24-20)17-8-7-15-5-3-4-6-16(15)11-17/h3-6,9-10,14,17,21,23,25H,7-8,11-13H2,1-2H3/t17?,21-/m0/s1. The molecule has 134 valence electrons. The normalized spacial score (nSPS) is 18.2. The van der Waals surface area contributed by atoms with E-state index >= 15 is 0 Å².